The van der Waals surface area contributed by atoms with Gasteiger partial charge in [0.1, 0.15) is 6.04 Å². The smallest absolute Gasteiger partial charge is 0.256 e. The van der Waals surface area contributed by atoms with E-state index in [2.05, 4.69) is 10.6 Å². The van der Waals surface area contributed by atoms with Crippen LogP contribution >= 0.6 is 23.8 Å². The summed E-state index contributed by atoms with van der Waals surface area (Å²) >= 11 is 11.6. The first-order chi connectivity index (χ1) is 14.4. The van der Waals surface area contributed by atoms with Crippen molar-refractivity contribution in [1.82, 2.24) is 10.2 Å². The molecule has 2 N–H and O–H groups in total. The Kier molecular flexibility index (Phi) is 7.02. The van der Waals surface area contributed by atoms with E-state index in [9.17, 15) is 14.4 Å². The average molecular weight is 445 g/mol. The third-order valence-electron chi connectivity index (χ3n) is 4.55. The first kappa shape index (κ1) is 21.7. The SMILES string of the molecule is CC(=O)NCCN1C(=S)N(c2cccc(Cl)c2)C(=O)[C@H]1CC(=O)Nc1ccccc1. The lowest BCUT2D eigenvalue weighted by Crippen LogP contribution is -2.42. The Labute approximate surface area is 185 Å². The summed E-state index contributed by atoms with van der Waals surface area (Å²) in [6.07, 6.45) is -0.0784. The monoisotopic (exact) mass is 444 g/mol. The molecule has 1 heterocycles. The quantitative estimate of drug-likeness (QED) is 0.642. The van der Waals surface area contributed by atoms with Crippen LogP contribution in [0.15, 0.2) is 54.6 Å². The van der Waals surface area contributed by atoms with Gasteiger partial charge in [-0.1, -0.05) is 35.9 Å². The van der Waals surface area contributed by atoms with Crippen molar-refractivity contribution in [1.29, 1.82) is 0 Å². The number of thiocarbonyl (C=S) groups is 1. The maximum atomic E-state index is 13.2. The first-order valence-corrected chi connectivity index (χ1v) is 10.1. The fourth-order valence-corrected chi connectivity index (χ4v) is 3.80. The van der Waals surface area contributed by atoms with Gasteiger partial charge in [0.2, 0.25) is 11.8 Å². The minimum absolute atomic E-state index is 0.0784. The Morgan fingerprint density at radius 2 is 1.87 bits per heavy atom. The summed E-state index contributed by atoms with van der Waals surface area (Å²) in [4.78, 5) is 40.1. The molecule has 7 nitrogen and oxygen atoms in total. The van der Waals surface area contributed by atoms with Gasteiger partial charge in [-0.05, 0) is 42.5 Å². The number of carbonyl (C=O) groups is 3. The van der Waals surface area contributed by atoms with Crippen molar-refractivity contribution in [2.75, 3.05) is 23.3 Å². The fourth-order valence-electron chi connectivity index (χ4n) is 3.20. The van der Waals surface area contributed by atoms with Crippen LogP contribution < -0.4 is 15.5 Å². The molecular formula is C21H21ClN4O3S. The molecule has 3 amide bonds. The molecule has 0 saturated carbocycles. The number of carbonyl (C=O) groups excluding carboxylic acids is 3. The second kappa shape index (κ2) is 9.69. The van der Waals surface area contributed by atoms with Crippen molar-refractivity contribution in [3.05, 3.63) is 59.6 Å². The Morgan fingerprint density at radius 3 is 2.53 bits per heavy atom. The molecule has 2 aromatic rings. The van der Waals surface area contributed by atoms with E-state index in [1.165, 1.54) is 11.8 Å². The summed E-state index contributed by atoms with van der Waals surface area (Å²) in [6.45, 7) is 2.00. The van der Waals surface area contributed by atoms with E-state index in [0.29, 0.717) is 29.5 Å². The van der Waals surface area contributed by atoms with Crippen molar-refractivity contribution in [3.63, 3.8) is 0 Å². The van der Waals surface area contributed by atoms with E-state index in [4.69, 9.17) is 23.8 Å². The molecule has 1 atom stereocenters. The molecule has 9 heteroatoms. The molecule has 0 aromatic heterocycles. The van der Waals surface area contributed by atoms with Gasteiger partial charge in [-0.15, -0.1) is 0 Å². The highest BCUT2D eigenvalue weighted by Crippen LogP contribution is 2.28. The van der Waals surface area contributed by atoms with Crippen LogP contribution in [0.2, 0.25) is 5.02 Å². The van der Waals surface area contributed by atoms with E-state index in [-0.39, 0.29) is 29.3 Å². The van der Waals surface area contributed by atoms with Crippen LogP contribution in [0.1, 0.15) is 13.3 Å². The highest BCUT2D eigenvalue weighted by molar-refractivity contribution is 7.80. The van der Waals surface area contributed by atoms with Crippen molar-refractivity contribution < 1.29 is 14.4 Å². The average Bonchev–Trinajstić information content (AvgIpc) is 2.92. The molecule has 2 aromatic carbocycles. The van der Waals surface area contributed by atoms with Gasteiger partial charge < -0.3 is 15.5 Å². The molecule has 30 heavy (non-hydrogen) atoms. The molecule has 0 aliphatic carbocycles. The zero-order valence-corrected chi connectivity index (χ0v) is 17.9. The maximum absolute atomic E-state index is 13.2. The van der Waals surface area contributed by atoms with E-state index in [1.54, 1.807) is 41.3 Å². The lowest BCUT2D eigenvalue weighted by Gasteiger charge is -2.24. The van der Waals surface area contributed by atoms with E-state index < -0.39 is 6.04 Å². The molecule has 0 bridgehead atoms. The number of halogens is 1. The predicted octanol–water partition coefficient (Wildman–Crippen LogP) is 2.81. The van der Waals surface area contributed by atoms with Crippen molar-refractivity contribution >= 4 is 58.0 Å². The van der Waals surface area contributed by atoms with Crippen LogP contribution in [0.4, 0.5) is 11.4 Å². The van der Waals surface area contributed by atoms with Gasteiger partial charge in [-0.2, -0.15) is 0 Å². The summed E-state index contributed by atoms with van der Waals surface area (Å²) in [6, 6.07) is 15.0. The van der Waals surface area contributed by atoms with E-state index in [1.807, 2.05) is 18.2 Å². The number of hydrogen-bond donors (Lipinski definition) is 2. The largest absolute Gasteiger partial charge is 0.355 e. The highest BCUT2D eigenvalue weighted by atomic mass is 35.5. The van der Waals surface area contributed by atoms with Gasteiger partial charge in [0.05, 0.1) is 12.1 Å². The molecule has 1 fully saturated rings. The van der Waals surface area contributed by atoms with Crippen LogP contribution in [0.3, 0.4) is 0 Å². The number of para-hydroxylation sites is 1. The summed E-state index contributed by atoms with van der Waals surface area (Å²) < 4.78 is 0. The molecule has 1 aliphatic heterocycles. The van der Waals surface area contributed by atoms with Gasteiger partial charge in [0, 0.05) is 30.7 Å². The maximum Gasteiger partial charge on any atom is 0.256 e. The third kappa shape index (κ3) is 5.14. The van der Waals surface area contributed by atoms with Crippen molar-refractivity contribution in [3.8, 4) is 0 Å². The lowest BCUT2D eigenvalue weighted by atomic mass is 10.1. The second-order valence-corrected chi connectivity index (χ2v) is 7.55. The van der Waals surface area contributed by atoms with Gasteiger partial charge in [0.15, 0.2) is 5.11 Å². The Balaban J connectivity index is 1.81. The number of benzene rings is 2. The second-order valence-electron chi connectivity index (χ2n) is 6.75. The van der Waals surface area contributed by atoms with Gasteiger partial charge in [0.25, 0.3) is 5.91 Å². The molecule has 0 radical (unpaired) electrons. The molecule has 156 valence electrons. The third-order valence-corrected chi connectivity index (χ3v) is 5.20. The molecule has 0 unspecified atom stereocenters. The van der Waals surface area contributed by atoms with E-state index >= 15 is 0 Å². The Bertz CT molecular complexity index is 970. The molecule has 1 saturated heterocycles. The predicted molar refractivity (Wildman–Crippen MR) is 120 cm³/mol. The lowest BCUT2D eigenvalue weighted by molar-refractivity contribution is -0.124. The number of nitrogens with zero attached hydrogens (tertiary/aromatic N) is 2. The highest BCUT2D eigenvalue weighted by Gasteiger charge is 2.43. The topological polar surface area (TPSA) is 81.8 Å². The minimum Gasteiger partial charge on any atom is -0.355 e. The summed E-state index contributed by atoms with van der Waals surface area (Å²) in [5.74, 6) is -0.801. The van der Waals surface area contributed by atoms with Gasteiger partial charge in [-0.25, -0.2) is 0 Å². The van der Waals surface area contributed by atoms with Crippen LogP contribution in [0, 0.1) is 0 Å². The summed E-state index contributed by atoms with van der Waals surface area (Å²) in [7, 11) is 0. The van der Waals surface area contributed by atoms with Crippen LogP contribution in [0.25, 0.3) is 0 Å². The Hall–Kier alpha value is -2.97. The molecular weight excluding hydrogens is 424 g/mol. The van der Waals surface area contributed by atoms with Gasteiger partial charge >= 0.3 is 0 Å². The van der Waals surface area contributed by atoms with Crippen LogP contribution in [0.5, 0.6) is 0 Å². The van der Waals surface area contributed by atoms with Gasteiger partial charge in [-0.3, -0.25) is 19.3 Å². The number of anilines is 2. The van der Waals surface area contributed by atoms with E-state index in [0.717, 1.165) is 0 Å². The standard InChI is InChI=1S/C21H21ClN4O3S/c1-14(27)23-10-11-25-18(13-19(28)24-16-7-3-2-4-8-16)20(29)26(21(25)30)17-9-5-6-15(22)12-17/h2-9,12,18H,10-11,13H2,1H3,(H,23,27)(H,24,28)/t18-/m1/s1. The number of rotatable bonds is 7. The minimum atomic E-state index is -0.783. The molecule has 3 rings (SSSR count). The van der Waals surface area contributed by atoms with Crippen LogP contribution in [-0.2, 0) is 14.4 Å². The first-order valence-electron chi connectivity index (χ1n) is 9.36. The number of amides is 3. The normalized spacial score (nSPS) is 16.0. The van der Waals surface area contributed by atoms with Crippen molar-refractivity contribution in [2.45, 2.75) is 19.4 Å². The van der Waals surface area contributed by atoms with Crippen LogP contribution in [-0.4, -0.2) is 46.9 Å². The fraction of sp³-hybridized carbons (Fsp3) is 0.238. The zero-order valence-electron chi connectivity index (χ0n) is 16.3. The summed E-state index contributed by atoms with van der Waals surface area (Å²) in [5.41, 5.74) is 1.18. The number of hydrogen-bond acceptors (Lipinski definition) is 4. The zero-order chi connectivity index (χ0) is 21.7. The Morgan fingerprint density at radius 1 is 1.13 bits per heavy atom. The molecule has 0 spiro atoms. The molecule has 1 aliphatic rings. The summed E-state index contributed by atoms with van der Waals surface area (Å²) in [5, 5.41) is 6.23. The van der Waals surface area contributed by atoms with Crippen molar-refractivity contribution in [2.24, 2.45) is 0 Å². The number of nitrogens with one attached hydrogen (secondary N) is 2.